The molecular formula is C16H24N4O3. The van der Waals surface area contributed by atoms with Gasteiger partial charge in [0.15, 0.2) is 6.61 Å². The third kappa shape index (κ3) is 5.43. The first-order chi connectivity index (χ1) is 11.1. The van der Waals surface area contributed by atoms with Crippen LogP contribution in [0.1, 0.15) is 26.7 Å². The number of hydrogen-bond donors (Lipinski definition) is 2. The zero-order valence-corrected chi connectivity index (χ0v) is 13.7. The summed E-state index contributed by atoms with van der Waals surface area (Å²) in [4.78, 5) is 29.4. The van der Waals surface area contributed by atoms with Gasteiger partial charge in [-0.05, 0) is 31.7 Å². The Kier molecular flexibility index (Phi) is 6.19. The van der Waals surface area contributed by atoms with Gasteiger partial charge in [0.05, 0.1) is 11.9 Å². The van der Waals surface area contributed by atoms with Gasteiger partial charge in [-0.2, -0.15) is 0 Å². The van der Waals surface area contributed by atoms with E-state index >= 15 is 0 Å². The van der Waals surface area contributed by atoms with Crippen LogP contribution in [0.15, 0.2) is 18.3 Å². The molecular weight excluding hydrogens is 296 g/mol. The molecule has 2 N–H and O–H groups in total. The number of amides is 3. The van der Waals surface area contributed by atoms with Crippen LogP contribution in [0.3, 0.4) is 0 Å². The van der Waals surface area contributed by atoms with Crippen molar-refractivity contribution in [2.24, 2.45) is 5.92 Å². The van der Waals surface area contributed by atoms with Gasteiger partial charge in [-0.3, -0.25) is 4.79 Å². The summed E-state index contributed by atoms with van der Waals surface area (Å²) in [6.45, 7) is 6.14. The van der Waals surface area contributed by atoms with Crippen LogP contribution in [0, 0.1) is 5.92 Å². The standard InChI is InChI=1S/C16H24N4O3/c1-3-17-16(22)19-13-6-7-14(18-9-13)23-11-15(21)20-8-4-5-12(2)10-20/h6-7,9,12H,3-5,8,10-11H2,1-2H3,(H2,17,19,22). The van der Waals surface area contributed by atoms with E-state index in [1.54, 1.807) is 12.1 Å². The largest absolute Gasteiger partial charge is 0.468 e. The van der Waals surface area contributed by atoms with Gasteiger partial charge in [-0.1, -0.05) is 6.92 Å². The highest BCUT2D eigenvalue weighted by Gasteiger charge is 2.21. The van der Waals surface area contributed by atoms with Crippen LogP contribution in [-0.2, 0) is 4.79 Å². The molecule has 1 fully saturated rings. The number of carbonyl (C=O) groups is 2. The molecule has 1 aliphatic heterocycles. The van der Waals surface area contributed by atoms with Gasteiger partial charge in [-0.15, -0.1) is 0 Å². The number of hydrogen-bond acceptors (Lipinski definition) is 4. The maximum Gasteiger partial charge on any atom is 0.319 e. The van der Waals surface area contributed by atoms with E-state index in [-0.39, 0.29) is 18.5 Å². The molecule has 1 aromatic rings. The van der Waals surface area contributed by atoms with Gasteiger partial charge < -0.3 is 20.3 Å². The highest BCUT2D eigenvalue weighted by molar-refractivity contribution is 5.88. The molecule has 0 aliphatic carbocycles. The van der Waals surface area contributed by atoms with Gasteiger partial charge in [0.25, 0.3) is 5.91 Å². The summed E-state index contributed by atoms with van der Waals surface area (Å²) in [7, 11) is 0. The van der Waals surface area contributed by atoms with E-state index in [2.05, 4.69) is 22.5 Å². The Morgan fingerprint density at radius 1 is 1.43 bits per heavy atom. The maximum atomic E-state index is 12.1. The van der Waals surface area contributed by atoms with E-state index in [0.717, 1.165) is 19.5 Å². The van der Waals surface area contributed by atoms with E-state index in [1.165, 1.54) is 12.6 Å². The molecule has 0 radical (unpaired) electrons. The Morgan fingerprint density at radius 3 is 2.91 bits per heavy atom. The molecule has 0 aromatic carbocycles. The van der Waals surface area contributed by atoms with Crippen molar-refractivity contribution in [1.29, 1.82) is 0 Å². The van der Waals surface area contributed by atoms with Crippen molar-refractivity contribution in [3.05, 3.63) is 18.3 Å². The van der Waals surface area contributed by atoms with Crippen molar-refractivity contribution < 1.29 is 14.3 Å². The number of anilines is 1. The predicted molar refractivity (Wildman–Crippen MR) is 87.4 cm³/mol. The highest BCUT2D eigenvalue weighted by atomic mass is 16.5. The van der Waals surface area contributed by atoms with Gasteiger partial charge in [0.2, 0.25) is 5.88 Å². The Hall–Kier alpha value is -2.31. The van der Waals surface area contributed by atoms with Gasteiger partial charge in [0.1, 0.15) is 0 Å². The Labute approximate surface area is 136 Å². The fourth-order valence-electron chi connectivity index (χ4n) is 2.52. The Balaban J connectivity index is 1.79. The normalized spacial score (nSPS) is 17.5. The minimum atomic E-state index is -0.280. The Bertz CT molecular complexity index is 533. The lowest BCUT2D eigenvalue weighted by molar-refractivity contribution is -0.135. The molecule has 7 nitrogen and oxygen atoms in total. The van der Waals surface area contributed by atoms with Crippen molar-refractivity contribution >= 4 is 17.6 Å². The zero-order valence-electron chi connectivity index (χ0n) is 13.7. The minimum absolute atomic E-state index is 0.0111. The topological polar surface area (TPSA) is 83.6 Å². The summed E-state index contributed by atoms with van der Waals surface area (Å²) in [5.41, 5.74) is 0.569. The van der Waals surface area contributed by atoms with Crippen molar-refractivity contribution in [1.82, 2.24) is 15.2 Å². The molecule has 0 spiro atoms. The van der Waals surface area contributed by atoms with Crippen molar-refractivity contribution in [3.63, 3.8) is 0 Å². The van der Waals surface area contributed by atoms with Crippen LogP contribution in [0.2, 0.25) is 0 Å². The quantitative estimate of drug-likeness (QED) is 0.867. The summed E-state index contributed by atoms with van der Waals surface area (Å²) < 4.78 is 5.43. The number of piperidine rings is 1. The van der Waals surface area contributed by atoms with Gasteiger partial charge in [-0.25, -0.2) is 9.78 Å². The number of likely N-dealkylation sites (tertiary alicyclic amines) is 1. The predicted octanol–water partition coefficient (Wildman–Crippen LogP) is 1.86. The fourth-order valence-corrected chi connectivity index (χ4v) is 2.52. The van der Waals surface area contributed by atoms with E-state index in [4.69, 9.17) is 4.74 Å². The molecule has 1 saturated heterocycles. The van der Waals surface area contributed by atoms with Crippen molar-refractivity contribution in [2.45, 2.75) is 26.7 Å². The second-order valence-corrected chi connectivity index (χ2v) is 5.75. The van der Waals surface area contributed by atoms with Crippen LogP contribution in [-0.4, -0.2) is 48.1 Å². The third-order valence-electron chi connectivity index (χ3n) is 3.68. The first-order valence-corrected chi connectivity index (χ1v) is 8.00. The smallest absolute Gasteiger partial charge is 0.319 e. The second-order valence-electron chi connectivity index (χ2n) is 5.75. The van der Waals surface area contributed by atoms with Crippen LogP contribution in [0.4, 0.5) is 10.5 Å². The Morgan fingerprint density at radius 2 is 2.26 bits per heavy atom. The lowest BCUT2D eigenvalue weighted by Gasteiger charge is -2.30. The summed E-state index contributed by atoms with van der Waals surface area (Å²) in [6.07, 6.45) is 3.72. The number of ether oxygens (including phenoxy) is 1. The van der Waals surface area contributed by atoms with Crippen LogP contribution in [0.5, 0.6) is 5.88 Å². The lowest BCUT2D eigenvalue weighted by atomic mass is 10.0. The van der Waals surface area contributed by atoms with Crippen LogP contribution in [0.25, 0.3) is 0 Å². The molecule has 7 heteroatoms. The monoisotopic (exact) mass is 320 g/mol. The van der Waals surface area contributed by atoms with E-state index in [1.807, 2.05) is 11.8 Å². The molecule has 1 aromatic heterocycles. The first-order valence-electron chi connectivity index (χ1n) is 8.00. The zero-order chi connectivity index (χ0) is 16.7. The number of carbonyl (C=O) groups excluding carboxylic acids is 2. The summed E-state index contributed by atoms with van der Waals surface area (Å²) in [5, 5.41) is 5.28. The maximum absolute atomic E-state index is 12.1. The highest BCUT2D eigenvalue weighted by Crippen LogP contribution is 2.16. The van der Waals surface area contributed by atoms with E-state index < -0.39 is 0 Å². The molecule has 2 rings (SSSR count). The average Bonchev–Trinajstić information content (AvgIpc) is 2.54. The van der Waals surface area contributed by atoms with Crippen molar-refractivity contribution in [3.8, 4) is 5.88 Å². The number of pyridine rings is 1. The summed E-state index contributed by atoms with van der Waals surface area (Å²) >= 11 is 0. The molecule has 2 heterocycles. The average molecular weight is 320 g/mol. The van der Waals surface area contributed by atoms with Crippen molar-refractivity contribution in [2.75, 3.05) is 31.6 Å². The third-order valence-corrected chi connectivity index (χ3v) is 3.68. The lowest BCUT2D eigenvalue weighted by Crippen LogP contribution is -2.41. The minimum Gasteiger partial charge on any atom is -0.468 e. The number of rotatable bonds is 5. The molecule has 0 saturated carbocycles. The second kappa shape index (κ2) is 8.36. The molecule has 1 atom stereocenters. The van der Waals surface area contributed by atoms with E-state index in [0.29, 0.717) is 24.0 Å². The molecule has 1 unspecified atom stereocenters. The number of nitrogens with zero attached hydrogens (tertiary/aromatic N) is 2. The fraction of sp³-hybridized carbons (Fsp3) is 0.562. The molecule has 3 amide bonds. The molecule has 1 aliphatic rings. The van der Waals surface area contributed by atoms with Gasteiger partial charge in [0, 0.05) is 25.7 Å². The number of nitrogens with one attached hydrogen (secondary N) is 2. The van der Waals surface area contributed by atoms with Gasteiger partial charge >= 0.3 is 6.03 Å². The van der Waals surface area contributed by atoms with E-state index in [9.17, 15) is 9.59 Å². The first kappa shape index (κ1) is 17.1. The summed E-state index contributed by atoms with van der Waals surface area (Å²) in [5.74, 6) is 0.901. The number of urea groups is 1. The van der Waals surface area contributed by atoms with Crippen LogP contribution < -0.4 is 15.4 Å². The molecule has 0 bridgehead atoms. The summed E-state index contributed by atoms with van der Waals surface area (Å²) in [6, 6.07) is 3.04. The molecule has 126 valence electrons. The van der Waals surface area contributed by atoms with Crippen LogP contribution >= 0.6 is 0 Å². The molecule has 23 heavy (non-hydrogen) atoms. The number of aromatic nitrogens is 1. The SMILES string of the molecule is CCNC(=O)Nc1ccc(OCC(=O)N2CCCC(C)C2)nc1.